The molecule has 2 saturated heterocycles. The summed E-state index contributed by atoms with van der Waals surface area (Å²) in [5.74, 6) is 2.62. The van der Waals surface area contributed by atoms with Crippen LogP contribution in [0.4, 0.5) is 0 Å². The third-order valence-corrected chi connectivity index (χ3v) is 5.66. The van der Waals surface area contributed by atoms with Crippen LogP contribution < -0.4 is 5.32 Å². The van der Waals surface area contributed by atoms with Crippen molar-refractivity contribution in [2.24, 2.45) is 5.41 Å². The molecule has 2 heterocycles. The molecule has 0 spiro atoms. The largest absolute Gasteiger partial charge is 0.383 e. The Morgan fingerprint density at radius 3 is 2.95 bits per heavy atom. The number of hydrogen-bond donors (Lipinski definition) is 1. The van der Waals surface area contributed by atoms with E-state index in [1.807, 2.05) is 11.8 Å². The van der Waals surface area contributed by atoms with Crippen molar-refractivity contribution >= 4 is 17.7 Å². The van der Waals surface area contributed by atoms with Gasteiger partial charge in [0.25, 0.3) is 0 Å². The minimum atomic E-state index is -0.166. The smallest absolute Gasteiger partial charge is 0.230 e. The maximum atomic E-state index is 13.0. The molecule has 5 heteroatoms. The van der Waals surface area contributed by atoms with E-state index in [1.54, 1.807) is 7.11 Å². The molecule has 1 N–H and O–H groups in total. The quantitative estimate of drug-likeness (QED) is 0.800. The fourth-order valence-corrected chi connectivity index (χ4v) is 4.32. The van der Waals surface area contributed by atoms with Gasteiger partial charge in [0.05, 0.1) is 12.0 Å². The zero-order valence-electron chi connectivity index (χ0n) is 12.1. The number of amides is 1. The first-order chi connectivity index (χ1) is 9.23. The van der Waals surface area contributed by atoms with E-state index in [9.17, 15) is 4.79 Å². The number of nitrogens with one attached hydrogen (secondary N) is 1. The molecule has 2 aliphatic heterocycles. The number of hydrogen-bond acceptors (Lipinski definition) is 4. The van der Waals surface area contributed by atoms with Crippen molar-refractivity contribution < 1.29 is 9.53 Å². The molecule has 4 nitrogen and oxygen atoms in total. The molecule has 0 aromatic rings. The Balaban J connectivity index is 2.09. The van der Waals surface area contributed by atoms with Gasteiger partial charge in [0.15, 0.2) is 0 Å². The van der Waals surface area contributed by atoms with Gasteiger partial charge in [0, 0.05) is 32.0 Å². The van der Waals surface area contributed by atoms with Crippen molar-refractivity contribution in [3.8, 4) is 0 Å². The van der Waals surface area contributed by atoms with E-state index < -0.39 is 0 Å². The van der Waals surface area contributed by atoms with Crippen molar-refractivity contribution in [1.82, 2.24) is 10.2 Å². The summed E-state index contributed by atoms with van der Waals surface area (Å²) in [7, 11) is 1.71. The maximum Gasteiger partial charge on any atom is 0.230 e. The minimum Gasteiger partial charge on any atom is -0.383 e. The highest BCUT2D eigenvalue weighted by Crippen LogP contribution is 2.34. The molecule has 2 rings (SSSR count). The number of carbonyl (C=O) groups is 1. The van der Waals surface area contributed by atoms with Crippen LogP contribution in [0.15, 0.2) is 0 Å². The molecule has 2 atom stereocenters. The summed E-state index contributed by atoms with van der Waals surface area (Å²) in [6, 6.07) is 0.414. The second kappa shape index (κ2) is 6.95. The van der Waals surface area contributed by atoms with Crippen molar-refractivity contribution in [1.29, 1.82) is 0 Å². The van der Waals surface area contributed by atoms with Gasteiger partial charge in [0.2, 0.25) is 5.91 Å². The van der Waals surface area contributed by atoms with E-state index in [0.717, 1.165) is 44.6 Å². The molecule has 0 aliphatic carbocycles. The van der Waals surface area contributed by atoms with Gasteiger partial charge < -0.3 is 15.0 Å². The Bertz CT molecular complexity index is 300. The first kappa shape index (κ1) is 15.1. The second-order valence-corrected chi connectivity index (χ2v) is 6.72. The van der Waals surface area contributed by atoms with Gasteiger partial charge >= 0.3 is 0 Å². The molecule has 2 unspecified atom stereocenters. The maximum absolute atomic E-state index is 13.0. The van der Waals surface area contributed by atoms with Crippen LogP contribution in [-0.2, 0) is 9.53 Å². The van der Waals surface area contributed by atoms with Crippen molar-refractivity contribution in [3.63, 3.8) is 0 Å². The van der Waals surface area contributed by atoms with Crippen LogP contribution in [-0.4, -0.2) is 61.7 Å². The van der Waals surface area contributed by atoms with Gasteiger partial charge in [0.1, 0.15) is 0 Å². The lowest BCUT2D eigenvalue weighted by molar-refractivity contribution is -0.144. The molecule has 0 aromatic heterocycles. The standard InChI is InChI=1S/C14H26N2O2S/c1-3-14(5-6-15-11-14)13(17)16(7-8-18-2)12-4-9-19-10-12/h12,15H,3-11H2,1-2H3. The number of carbonyl (C=O) groups excluding carboxylic acids is 1. The Labute approximate surface area is 120 Å². The number of methoxy groups -OCH3 is 1. The monoisotopic (exact) mass is 286 g/mol. The summed E-state index contributed by atoms with van der Waals surface area (Å²) in [5.41, 5.74) is -0.166. The molecule has 0 saturated carbocycles. The number of thioether (sulfide) groups is 1. The van der Waals surface area contributed by atoms with Gasteiger partial charge in [-0.2, -0.15) is 11.8 Å². The molecule has 2 aliphatic rings. The highest BCUT2D eigenvalue weighted by atomic mass is 32.2. The molecule has 0 radical (unpaired) electrons. The normalized spacial score (nSPS) is 30.7. The molecule has 0 bridgehead atoms. The van der Waals surface area contributed by atoms with E-state index >= 15 is 0 Å². The topological polar surface area (TPSA) is 41.6 Å². The van der Waals surface area contributed by atoms with Crippen molar-refractivity contribution in [3.05, 3.63) is 0 Å². The molecule has 2 fully saturated rings. The highest BCUT2D eigenvalue weighted by Gasteiger charge is 2.43. The van der Waals surface area contributed by atoms with E-state index in [0.29, 0.717) is 18.6 Å². The van der Waals surface area contributed by atoms with E-state index in [4.69, 9.17) is 4.74 Å². The fraction of sp³-hybridized carbons (Fsp3) is 0.929. The Morgan fingerprint density at radius 2 is 2.42 bits per heavy atom. The Hall–Kier alpha value is -0.260. The Morgan fingerprint density at radius 1 is 1.58 bits per heavy atom. The van der Waals surface area contributed by atoms with Gasteiger partial charge in [-0.1, -0.05) is 6.92 Å². The van der Waals surface area contributed by atoms with Crippen LogP contribution in [0.2, 0.25) is 0 Å². The average Bonchev–Trinajstić information content (AvgIpc) is 3.11. The SMILES string of the molecule is CCC1(C(=O)N(CCOC)C2CCSC2)CCNC1. The minimum absolute atomic E-state index is 0.166. The third-order valence-electron chi connectivity index (χ3n) is 4.52. The van der Waals surface area contributed by atoms with Crippen molar-refractivity contribution in [2.45, 2.75) is 32.2 Å². The third kappa shape index (κ3) is 3.26. The fourth-order valence-electron chi connectivity index (χ4n) is 3.09. The molecular weight excluding hydrogens is 260 g/mol. The average molecular weight is 286 g/mol. The molecule has 1 amide bonds. The van der Waals surface area contributed by atoms with Crippen LogP contribution in [0, 0.1) is 5.41 Å². The van der Waals surface area contributed by atoms with Gasteiger partial charge in [-0.15, -0.1) is 0 Å². The van der Waals surface area contributed by atoms with E-state index in [1.165, 1.54) is 5.75 Å². The first-order valence-electron chi connectivity index (χ1n) is 7.32. The van der Waals surface area contributed by atoms with Crippen LogP contribution in [0.3, 0.4) is 0 Å². The highest BCUT2D eigenvalue weighted by molar-refractivity contribution is 7.99. The number of rotatable bonds is 6. The summed E-state index contributed by atoms with van der Waals surface area (Å²) in [5, 5.41) is 3.36. The summed E-state index contributed by atoms with van der Waals surface area (Å²) in [6.45, 7) is 5.33. The zero-order chi connectivity index (χ0) is 13.7. The predicted octanol–water partition coefficient (Wildman–Crippen LogP) is 1.36. The molecular formula is C14H26N2O2S. The summed E-state index contributed by atoms with van der Waals surface area (Å²) in [6.07, 6.45) is 3.04. The van der Waals surface area contributed by atoms with Crippen LogP contribution in [0.5, 0.6) is 0 Å². The summed E-state index contributed by atoms with van der Waals surface area (Å²) in [4.78, 5) is 15.1. The first-order valence-corrected chi connectivity index (χ1v) is 8.47. The number of ether oxygens (including phenoxy) is 1. The molecule has 19 heavy (non-hydrogen) atoms. The van der Waals surface area contributed by atoms with Crippen LogP contribution >= 0.6 is 11.8 Å². The molecule has 0 aromatic carbocycles. The Kier molecular flexibility index (Phi) is 5.54. The lowest BCUT2D eigenvalue weighted by Gasteiger charge is -2.36. The van der Waals surface area contributed by atoms with Gasteiger partial charge in [-0.25, -0.2) is 0 Å². The predicted molar refractivity (Wildman–Crippen MR) is 79.5 cm³/mol. The number of nitrogens with zero attached hydrogens (tertiary/aromatic N) is 1. The van der Waals surface area contributed by atoms with Crippen LogP contribution in [0.25, 0.3) is 0 Å². The second-order valence-electron chi connectivity index (χ2n) is 5.57. The van der Waals surface area contributed by atoms with E-state index in [-0.39, 0.29) is 5.41 Å². The lowest BCUT2D eigenvalue weighted by Crippen LogP contribution is -2.50. The van der Waals surface area contributed by atoms with Crippen LogP contribution in [0.1, 0.15) is 26.2 Å². The summed E-state index contributed by atoms with van der Waals surface area (Å²) >= 11 is 1.96. The van der Waals surface area contributed by atoms with Crippen molar-refractivity contribution in [2.75, 3.05) is 44.9 Å². The summed E-state index contributed by atoms with van der Waals surface area (Å²) < 4.78 is 5.19. The van der Waals surface area contributed by atoms with Gasteiger partial charge in [-0.05, 0) is 31.6 Å². The lowest BCUT2D eigenvalue weighted by atomic mass is 9.82. The van der Waals surface area contributed by atoms with Gasteiger partial charge in [-0.3, -0.25) is 4.79 Å². The molecule has 110 valence electrons. The van der Waals surface area contributed by atoms with E-state index in [2.05, 4.69) is 17.1 Å². The zero-order valence-corrected chi connectivity index (χ0v) is 12.9.